The molecule has 1 aliphatic rings. The van der Waals surface area contributed by atoms with Crippen molar-refractivity contribution >= 4 is 17.6 Å². The summed E-state index contributed by atoms with van der Waals surface area (Å²) in [5.41, 5.74) is -0.769. The Bertz CT molecular complexity index is 1200. The number of hydrogen-bond donors (Lipinski definition) is 1. The van der Waals surface area contributed by atoms with Crippen LogP contribution in [0, 0.1) is 11.2 Å². The SMILES string of the molecule is C=C1Cc2cc(C(F)(F)F)ccc2C(=O)NCC(C)(C)/C(=N/OC)CCC(c2ccc(F)cc2)OC1=O. The first-order valence-electron chi connectivity index (χ1n) is 11.5. The van der Waals surface area contributed by atoms with Crippen molar-refractivity contribution in [3.8, 4) is 0 Å². The highest BCUT2D eigenvalue weighted by Gasteiger charge is 2.33. The molecule has 6 nitrogen and oxygen atoms in total. The molecular formula is C27H28F4N2O4. The Morgan fingerprint density at radius 2 is 1.81 bits per heavy atom. The zero-order chi connectivity index (χ0) is 27.4. The number of esters is 1. The van der Waals surface area contributed by atoms with Gasteiger partial charge in [0.2, 0.25) is 0 Å². The second kappa shape index (κ2) is 11.1. The van der Waals surface area contributed by atoms with Crippen molar-refractivity contribution < 1.29 is 36.7 Å². The monoisotopic (exact) mass is 520 g/mol. The van der Waals surface area contributed by atoms with Gasteiger partial charge in [0.25, 0.3) is 5.91 Å². The molecule has 0 aliphatic carbocycles. The molecule has 2 aromatic carbocycles. The molecule has 1 amide bonds. The predicted molar refractivity (Wildman–Crippen MR) is 129 cm³/mol. The van der Waals surface area contributed by atoms with Gasteiger partial charge in [-0.3, -0.25) is 4.79 Å². The fourth-order valence-corrected chi connectivity index (χ4v) is 4.01. The number of amides is 1. The molecule has 1 heterocycles. The van der Waals surface area contributed by atoms with Crippen molar-refractivity contribution in [2.75, 3.05) is 13.7 Å². The number of benzene rings is 2. The van der Waals surface area contributed by atoms with Crippen LogP contribution in [0.15, 0.2) is 59.8 Å². The zero-order valence-corrected chi connectivity index (χ0v) is 20.7. The van der Waals surface area contributed by atoms with Gasteiger partial charge in [-0.1, -0.05) is 37.7 Å². The highest BCUT2D eigenvalue weighted by molar-refractivity contribution is 5.97. The Morgan fingerprint density at radius 1 is 1.14 bits per heavy atom. The lowest BCUT2D eigenvalue weighted by Gasteiger charge is -2.28. The van der Waals surface area contributed by atoms with E-state index in [-0.39, 0.29) is 36.1 Å². The summed E-state index contributed by atoms with van der Waals surface area (Å²) in [6.45, 7) is 7.46. The largest absolute Gasteiger partial charge is 0.454 e. The van der Waals surface area contributed by atoms with Crippen LogP contribution in [0.5, 0.6) is 0 Å². The molecule has 2 aromatic rings. The fourth-order valence-electron chi connectivity index (χ4n) is 4.01. The fraction of sp³-hybridized carbons (Fsp3) is 0.370. The van der Waals surface area contributed by atoms with Crippen LogP contribution in [0.2, 0.25) is 0 Å². The highest BCUT2D eigenvalue weighted by atomic mass is 19.4. The average Bonchev–Trinajstić information content (AvgIpc) is 2.83. The summed E-state index contributed by atoms with van der Waals surface area (Å²) in [6, 6.07) is 8.18. The van der Waals surface area contributed by atoms with E-state index in [1.807, 2.05) is 13.8 Å². The normalized spacial score (nSPS) is 20.5. The first-order chi connectivity index (χ1) is 17.3. The Kier molecular flexibility index (Phi) is 8.40. The van der Waals surface area contributed by atoms with E-state index in [0.717, 1.165) is 18.2 Å². The number of hydrogen-bond acceptors (Lipinski definition) is 5. The molecular weight excluding hydrogens is 492 g/mol. The summed E-state index contributed by atoms with van der Waals surface area (Å²) >= 11 is 0. The molecule has 0 spiro atoms. The van der Waals surface area contributed by atoms with Crippen molar-refractivity contribution in [3.63, 3.8) is 0 Å². The maximum Gasteiger partial charge on any atom is 0.416 e. The molecule has 0 saturated carbocycles. The van der Waals surface area contributed by atoms with Gasteiger partial charge in [0.15, 0.2) is 0 Å². The topological polar surface area (TPSA) is 77.0 Å². The van der Waals surface area contributed by atoms with Gasteiger partial charge in [-0.15, -0.1) is 0 Å². The van der Waals surface area contributed by atoms with E-state index in [1.165, 1.54) is 31.4 Å². The number of rotatable bonds is 2. The molecule has 37 heavy (non-hydrogen) atoms. The van der Waals surface area contributed by atoms with E-state index in [4.69, 9.17) is 9.57 Å². The van der Waals surface area contributed by atoms with E-state index in [2.05, 4.69) is 17.1 Å². The molecule has 3 rings (SSSR count). The van der Waals surface area contributed by atoms with Crippen molar-refractivity contribution in [1.82, 2.24) is 5.32 Å². The van der Waals surface area contributed by atoms with Crippen LogP contribution in [0.3, 0.4) is 0 Å². The molecule has 1 aliphatic heterocycles. The number of fused-ring (bicyclic) bond motifs is 1. The number of nitrogens with one attached hydrogen (secondary N) is 1. The zero-order valence-electron chi connectivity index (χ0n) is 20.7. The number of halogens is 4. The average molecular weight is 521 g/mol. The number of carbonyl (C=O) groups is 2. The number of cyclic esters (lactones) is 1. The number of alkyl halides is 3. The molecule has 198 valence electrons. The van der Waals surface area contributed by atoms with Crippen molar-refractivity contribution in [1.29, 1.82) is 0 Å². The molecule has 1 unspecified atom stereocenters. The lowest BCUT2D eigenvalue weighted by Crippen LogP contribution is -2.40. The van der Waals surface area contributed by atoms with Crippen LogP contribution < -0.4 is 5.32 Å². The number of carbonyl (C=O) groups excluding carboxylic acids is 2. The smallest absolute Gasteiger partial charge is 0.416 e. The van der Waals surface area contributed by atoms with E-state index < -0.39 is 41.0 Å². The van der Waals surface area contributed by atoms with Crippen molar-refractivity contribution in [2.45, 2.75) is 45.4 Å². The minimum Gasteiger partial charge on any atom is -0.454 e. The lowest BCUT2D eigenvalue weighted by molar-refractivity contribution is -0.145. The molecule has 0 radical (unpaired) electrons. The van der Waals surface area contributed by atoms with Gasteiger partial charge in [0, 0.05) is 29.5 Å². The Hall–Kier alpha value is -3.69. The van der Waals surface area contributed by atoms with Gasteiger partial charge in [0.1, 0.15) is 19.0 Å². The molecule has 0 saturated heterocycles. The quantitative estimate of drug-likeness (QED) is 0.236. The molecule has 1 atom stereocenters. The summed E-state index contributed by atoms with van der Waals surface area (Å²) < 4.78 is 59.4. The van der Waals surface area contributed by atoms with Crippen molar-refractivity contribution in [3.05, 3.63) is 82.7 Å². The van der Waals surface area contributed by atoms with E-state index in [1.54, 1.807) is 0 Å². The minimum atomic E-state index is -4.65. The number of oxime groups is 1. The van der Waals surface area contributed by atoms with E-state index in [9.17, 15) is 27.2 Å². The maximum absolute atomic E-state index is 13.5. The minimum absolute atomic E-state index is 0.0184. The van der Waals surface area contributed by atoms with Crippen LogP contribution in [-0.2, 0) is 27.0 Å². The molecule has 0 bridgehead atoms. The van der Waals surface area contributed by atoms with Gasteiger partial charge in [-0.25, -0.2) is 9.18 Å². The summed E-state index contributed by atoms with van der Waals surface area (Å²) in [5.74, 6) is -1.91. The molecule has 0 fully saturated rings. The first-order valence-corrected chi connectivity index (χ1v) is 11.5. The highest BCUT2D eigenvalue weighted by Crippen LogP contribution is 2.33. The third-order valence-electron chi connectivity index (χ3n) is 6.18. The molecule has 10 heteroatoms. The number of ether oxygens (including phenoxy) is 1. The second-order valence-electron chi connectivity index (χ2n) is 9.42. The van der Waals surface area contributed by atoms with Gasteiger partial charge in [0.05, 0.1) is 11.3 Å². The third kappa shape index (κ3) is 6.96. The van der Waals surface area contributed by atoms with Crippen LogP contribution in [0.1, 0.15) is 59.8 Å². The van der Waals surface area contributed by atoms with Crippen LogP contribution in [-0.4, -0.2) is 31.2 Å². The van der Waals surface area contributed by atoms with E-state index in [0.29, 0.717) is 17.7 Å². The Balaban J connectivity index is 2.07. The lowest BCUT2D eigenvalue weighted by atomic mass is 9.83. The Morgan fingerprint density at radius 3 is 2.43 bits per heavy atom. The summed E-state index contributed by atoms with van der Waals surface area (Å²) in [4.78, 5) is 31.0. The summed E-state index contributed by atoms with van der Waals surface area (Å²) in [7, 11) is 1.38. The molecule has 1 N–H and O–H groups in total. The first kappa shape index (κ1) is 27.9. The van der Waals surface area contributed by atoms with Gasteiger partial charge < -0.3 is 14.9 Å². The van der Waals surface area contributed by atoms with Gasteiger partial charge in [-0.2, -0.15) is 13.2 Å². The van der Waals surface area contributed by atoms with Gasteiger partial charge >= 0.3 is 12.1 Å². The maximum atomic E-state index is 13.5. The van der Waals surface area contributed by atoms with Crippen molar-refractivity contribution in [2.24, 2.45) is 10.6 Å². The molecule has 0 aromatic heterocycles. The summed E-state index contributed by atoms with van der Waals surface area (Å²) in [5, 5.41) is 6.87. The van der Waals surface area contributed by atoms with Crippen LogP contribution in [0.4, 0.5) is 17.6 Å². The standard InChI is InChI=1S/C27H28F4N2O4/c1-16-13-18-14-19(27(29,30)31)7-10-21(18)24(34)32-15-26(2,3)23(33-36-4)12-11-22(37-25(16)35)17-5-8-20(28)9-6-17/h5-10,14,22H,1,11-13,15H2,2-4H3,(H,32,34)/b33-23+. The van der Waals surface area contributed by atoms with E-state index >= 15 is 0 Å². The van der Waals surface area contributed by atoms with Gasteiger partial charge in [-0.05, 0) is 54.3 Å². The van der Waals surface area contributed by atoms with Crippen LogP contribution in [0.25, 0.3) is 0 Å². The Labute approximate surface area is 212 Å². The number of nitrogens with zero attached hydrogens (tertiary/aromatic N) is 1. The third-order valence-corrected chi connectivity index (χ3v) is 6.18. The van der Waals surface area contributed by atoms with Crippen LogP contribution >= 0.6 is 0 Å². The summed E-state index contributed by atoms with van der Waals surface area (Å²) in [6.07, 6.45) is -5.24. The predicted octanol–water partition coefficient (Wildman–Crippen LogP) is 5.78. The second-order valence-corrected chi connectivity index (χ2v) is 9.42.